The molecule has 1 saturated heterocycles. The molecule has 5 rings (SSSR count). The Morgan fingerprint density at radius 2 is 1.57 bits per heavy atom. The van der Waals surface area contributed by atoms with Gasteiger partial charge in [-0.25, -0.2) is 8.42 Å². The number of carbonyl (C=O) groups excluding carboxylic acids is 2. The standard InChI is InChI=1S/C29H28N2O5S/c1-20-12-13-23(21(2)18-20)25(32)19-31-28(29(33)22-8-4-3-5-9-22)27(30-14-16-36-17-15-30)24-10-6-7-11-26(24)37(31,34)35/h3-13,18H,14-17,19H2,1-2H3. The number of ether oxygens (including phenoxy) is 1. The topological polar surface area (TPSA) is 84.0 Å². The molecule has 0 bridgehead atoms. The molecule has 8 heteroatoms. The summed E-state index contributed by atoms with van der Waals surface area (Å²) >= 11 is 0. The number of sulfonamides is 1. The van der Waals surface area contributed by atoms with Crippen molar-refractivity contribution in [3.63, 3.8) is 0 Å². The van der Waals surface area contributed by atoms with Crippen LogP contribution >= 0.6 is 0 Å². The molecule has 0 aliphatic carbocycles. The maximum absolute atomic E-state index is 14.1. The number of benzene rings is 3. The lowest BCUT2D eigenvalue weighted by Crippen LogP contribution is -2.45. The molecule has 3 aromatic carbocycles. The summed E-state index contributed by atoms with van der Waals surface area (Å²) < 4.78 is 34.6. The monoisotopic (exact) mass is 516 g/mol. The van der Waals surface area contributed by atoms with Gasteiger partial charge in [0, 0.05) is 29.8 Å². The number of Topliss-reactive ketones (excluding diaryl/α,β-unsaturated/α-hetero) is 2. The fraction of sp³-hybridized carbons (Fsp3) is 0.241. The number of allylic oxidation sites excluding steroid dienone is 1. The molecule has 0 unspecified atom stereocenters. The summed E-state index contributed by atoms with van der Waals surface area (Å²) in [5, 5.41) is 0. The third kappa shape index (κ3) is 4.58. The van der Waals surface area contributed by atoms with E-state index in [1.54, 1.807) is 54.6 Å². The first-order valence-electron chi connectivity index (χ1n) is 12.2. The highest BCUT2D eigenvalue weighted by atomic mass is 32.2. The lowest BCUT2D eigenvalue weighted by molar-refractivity contribution is 0.0627. The van der Waals surface area contributed by atoms with Gasteiger partial charge in [0.1, 0.15) is 5.70 Å². The summed E-state index contributed by atoms with van der Waals surface area (Å²) in [5.41, 5.74) is 3.50. The average molecular weight is 517 g/mol. The molecule has 0 spiro atoms. The van der Waals surface area contributed by atoms with Crippen LogP contribution in [0.25, 0.3) is 5.70 Å². The van der Waals surface area contributed by atoms with Crippen molar-refractivity contribution < 1.29 is 22.7 Å². The summed E-state index contributed by atoms with van der Waals surface area (Å²) in [7, 11) is -4.20. The molecule has 190 valence electrons. The van der Waals surface area contributed by atoms with E-state index in [1.165, 1.54) is 6.07 Å². The first-order chi connectivity index (χ1) is 17.8. The van der Waals surface area contributed by atoms with Gasteiger partial charge in [-0.2, -0.15) is 0 Å². The van der Waals surface area contributed by atoms with Crippen LogP contribution in [0.4, 0.5) is 0 Å². The molecule has 3 aromatic rings. The minimum atomic E-state index is -4.20. The molecule has 1 fully saturated rings. The molecule has 0 amide bonds. The first kappa shape index (κ1) is 24.9. The molecular formula is C29H28N2O5S. The van der Waals surface area contributed by atoms with E-state index in [9.17, 15) is 18.0 Å². The van der Waals surface area contributed by atoms with Crippen LogP contribution < -0.4 is 0 Å². The highest BCUT2D eigenvalue weighted by Crippen LogP contribution is 2.40. The molecule has 37 heavy (non-hydrogen) atoms. The smallest absolute Gasteiger partial charge is 0.265 e. The van der Waals surface area contributed by atoms with Gasteiger partial charge in [0.15, 0.2) is 5.78 Å². The zero-order chi connectivity index (χ0) is 26.2. The van der Waals surface area contributed by atoms with Crippen molar-refractivity contribution >= 4 is 27.3 Å². The second-order valence-corrected chi connectivity index (χ2v) is 11.1. The van der Waals surface area contributed by atoms with Gasteiger partial charge in [0.05, 0.1) is 30.4 Å². The van der Waals surface area contributed by atoms with Gasteiger partial charge in [0.25, 0.3) is 10.0 Å². The summed E-state index contributed by atoms with van der Waals surface area (Å²) in [6, 6.07) is 20.7. The van der Waals surface area contributed by atoms with Crippen molar-refractivity contribution in [1.82, 2.24) is 9.21 Å². The number of aryl methyl sites for hydroxylation is 2. The number of rotatable bonds is 6. The first-order valence-corrected chi connectivity index (χ1v) is 13.6. The summed E-state index contributed by atoms with van der Waals surface area (Å²) in [6.45, 7) is 5.16. The molecule has 0 N–H and O–H groups in total. The van der Waals surface area contributed by atoms with E-state index < -0.39 is 22.4 Å². The number of hydrogen-bond acceptors (Lipinski definition) is 6. The van der Waals surface area contributed by atoms with Crippen LogP contribution in [-0.4, -0.2) is 62.0 Å². The zero-order valence-electron chi connectivity index (χ0n) is 20.8. The third-order valence-corrected chi connectivity index (χ3v) is 8.54. The zero-order valence-corrected chi connectivity index (χ0v) is 21.6. The third-order valence-electron chi connectivity index (χ3n) is 6.73. The molecule has 7 nitrogen and oxygen atoms in total. The van der Waals surface area contributed by atoms with Crippen LogP contribution in [0.1, 0.15) is 37.4 Å². The Kier molecular flexibility index (Phi) is 6.70. The molecule has 0 radical (unpaired) electrons. The Morgan fingerprint density at radius 1 is 0.892 bits per heavy atom. The summed E-state index contributed by atoms with van der Waals surface area (Å²) in [6.07, 6.45) is 0. The van der Waals surface area contributed by atoms with Gasteiger partial charge in [-0.15, -0.1) is 0 Å². The highest BCUT2D eigenvalue weighted by molar-refractivity contribution is 7.89. The van der Waals surface area contributed by atoms with Crippen LogP contribution in [0, 0.1) is 13.8 Å². The van der Waals surface area contributed by atoms with E-state index in [0.29, 0.717) is 48.7 Å². The van der Waals surface area contributed by atoms with Crippen molar-refractivity contribution in [2.75, 3.05) is 32.8 Å². The Labute approximate surface area is 217 Å². The Bertz CT molecular complexity index is 1510. The van der Waals surface area contributed by atoms with Crippen molar-refractivity contribution in [2.24, 2.45) is 0 Å². The van der Waals surface area contributed by atoms with Gasteiger partial charge >= 0.3 is 0 Å². The fourth-order valence-corrected chi connectivity index (χ4v) is 6.56. The van der Waals surface area contributed by atoms with Gasteiger partial charge in [0.2, 0.25) is 5.78 Å². The van der Waals surface area contributed by atoms with Crippen molar-refractivity contribution in [3.8, 4) is 0 Å². The van der Waals surface area contributed by atoms with E-state index in [4.69, 9.17) is 4.74 Å². The number of ketones is 2. The Morgan fingerprint density at radius 3 is 2.27 bits per heavy atom. The summed E-state index contributed by atoms with van der Waals surface area (Å²) in [4.78, 5) is 29.7. The SMILES string of the molecule is Cc1ccc(C(=O)CN2C(C(=O)c3ccccc3)=C(N3CCOCC3)c3ccccc3S2(=O)=O)c(C)c1. The molecular weight excluding hydrogens is 488 g/mol. The Hall–Kier alpha value is -3.75. The van der Waals surface area contributed by atoms with Crippen molar-refractivity contribution in [1.29, 1.82) is 0 Å². The molecule has 2 aliphatic rings. The highest BCUT2D eigenvalue weighted by Gasteiger charge is 2.42. The number of carbonyl (C=O) groups is 2. The second-order valence-electron chi connectivity index (χ2n) is 9.24. The van der Waals surface area contributed by atoms with Crippen LogP contribution in [-0.2, 0) is 14.8 Å². The largest absolute Gasteiger partial charge is 0.378 e. The van der Waals surface area contributed by atoms with E-state index in [1.807, 2.05) is 30.9 Å². The maximum atomic E-state index is 14.1. The molecule has 0 saturated carbocycles. The van der Waals surface area contributed by atoms with Gasteiger partial charge in [-0.1, -0.05) is 72.3 Å². The minimum absolute atomic E-state index is 0.00934. The molecule has 0 atom stereocenters. The minimum Gasteiger partial charge on any atom is -0.378 e. The fourth-order valence-electron chi connectivity index (χ4n) is 4.93. The van der Waals surface area contributed by atoms with E-state index >= 15 is 0 Å². The quantitative estimate of drug-likeness (QED) is 0.459. The van der Waals surface area contributed by atoms with Gasteiger partial charge in [-0.05, 0) is 25.5 Å². The van der Waals surface area contributed by atoms with Crippen LogP contribution in [0.5, 0.6) is 0 Å². The summed E-state index contributed by atoms with van der Waals surface area (Å²) in [5.74, 6) is -0.825. The number of hydrogen-bond donors (Lipinski definition) is 0. The molecule has 2 heterocycles. The average Bonchev–Trinajstić information content (AvgIpc) is 2.90. The number of nitrogens with zero attached hydrogens (tertiary/aromatic N) is 2. The van der Waals surface area contributed by atoms with Crippen LogP contribution in [0.2, 0.25) is 0 Å². The molecule has 2 aliphatic heterocycles. The second kappa shape index (κ2) is 9.95. The predicted octanol–water partition coefficient (Wildman–Crippen LogP) is 4.07. The van der Waals surface area contributed by atoms with Crippen molar-refractivity contribution in [3.05, 3.63) is 106 Å². The van der Waals surface area contributed by atoms with Crippen LogP contribution in [0.3, 0.4) is 0 Å². The van der Waals surface area contributed by atoms with Gasteiger partial charge < -0.3 is 9.64 Å². The molecule has 0 aromatic heterocycles. The van der Waals surface area contributed by atoms with E-state index in [-0.39, 0.29) is 16.4 Å². The number of fused-ring (bicyclic) bond motifs is 1. The lowest BCUT2D eigenvalue weighted by atomic mass is 9.99. The van der Waals surface area contributed by atoms with Crippen molar-refractivity contribution in [2.45, 2.75) is 18.7 Å². The van der Waals surface area contributed by atoms with Gasteiger partial charge in [-0.3, -0.25) is 13.9 Å². The normalized spacial score (nSPS) is 16.9. The lowest BCUT2D eigenvalue weighted by Gasteiger charge is -2.39. The predicted molar refractivity (Wildman–Crippen MR) is 141 cm³/mol. The Balaban J connectivity index is 1.73. The number of morpholine rings is 1. The van der Waals surface area contributed by atoms with E-state index in [0.717, 1.165) is 15.4 Å². The van der Waals surface area contributed by atoms with E-state index in [2.05, 4.69) is 0 Å². The van der Waals surface area contributed by atoms with Crippen LogP contribution in [0.15, 0.2) is 83.4 Å². The maximum Gasteiger partial charge on any atom is 0.265 e.